The summed E-state index contributed by atoms with van der Waals surface area (Å²) in [4.78, 5) is 10.7. The van der Waals surface area contributed by atoms with Crippen molar-refractivity contribution in [1.82, 2.24) is 24.7 Å². The van der Waals surface area contributed by atoms with Crippen LogP contribution in [-0.4, -0.2) is 73.6 Å². The van der Waals surface area contributed by atoms with Gasteiger partial charge in [0.1, 0.15) is 12.0 Å². The van der Waals surface area contributed by atoms with E-state index >= 15 is 0 Å². The van der Waals surface area contributed by atoms with Gasteiger partial charge in [-0.25, -0.2) is 13.4 Å². The Morgan fingerprint density at radius 1 is 1.27 bits per heavy atom. The second-order valence-corrected chi connectivity index (χ2v) is 8.86. The van der Waals surface area contributed by atoms with Crippen molar-refractivity contribution >= 4 is 16.0 Å². The first-order valence-electron chi connectivity index (χ1n) is 9.92. The van der Waals surface area contributed by atoms with E-state index in [-0.39, 0.29) is 5.75 Å². The average Bonchev–Trinajstić information content (AvgIpc) is 3.26. The predicted molar refractivity (Wildman–Crippen MR) is 112 cm³/mol. The molecule has 0 spiro atoms. The highest BCUT2D eigenvalue weighted by atomic mass is 32.2. The summed E-state index contributed by atoms with van der Waals surface area (Å²) < 4.78 is 36.8. The van der Waals surface area contributed by atoms with Crippen molar-refractivity contribution in [1.29, 1.82) is 0 Å². The fraction of sp³-hybridized carbons (Fsp3) is 0.526. The Morgan fingerprint density at radius 3 is 2.67 bits per heavy atom. The van der Waals surface area contributed by atoms with Crippen molar-refractivity contribution in [2.24, 2.45) is 4.99 Å². The van der Waals surface area contributed by atoms with Gasteiger partial charge in [-0.2, -0.15) is 4.31 Å². The molecule has 1 aliphatic rings. The second kappa shape index (κ2) is 10.4. The maximum absolute atomic E-state index is 12.6. The highest BCUT2D eigenvalue weighted by Crippen LogP contribution is 2.13. The molecule has 1 fully saturated rings. The van der Waals surface area contributed by atoms with Crippen LogP contribution in [0, 0.1) is 0 Å². The summed E-state index contributed by atoms with van der Waals surface area (Å²) in [5.74, 6) is 1.20. The molecule has 0 saturated carbocycles. The Morgan fingerprint density at radius 2 is 2.07 bits per heavy atom. The SMILES string of the molecule is CCCOc1ccc(CNC(=NC)N2CCN(S(=O)(=O)Cc3ccon3)CC2)cn1. The summed E-state index contributed by atoms with van der Waals surface area (Å²) >= 11 is 0. The average molecular weight is 437 g/mol. The minimum Gasteiger partial charge on any atom is -0.478 e. The number of piperazine rings is 1. The van der Waals surface area contributed by atoms with Crippen LogP contribution in [0.2, 0.25) is 0 Å². The first-order valence-corrected chi connectivity index (χ1v) is 11.5. The number of nitrogens with one attached hydrogen (secondary N) is 1. The Balaban J connectivity index is 1.49. The van der Waals surface area contributed by atoms with Crippen LogP contribution in [-0.2, 0) is 22.3 Å². The van der Waals surface area contributed by atoms with Crippen LogP contribution in [0.25, 0.3) is 0 Å². The number of sulfonamides is 1. The largest absolute Gasteiger partial charge is 0.478 e. The van der Waals surface area contributed by atoms with Crippen LogP contribution in [0.3, 0.4) is 0 Å². The fourth-order valence-electron chi connectivity index (χ4n) is 3.09. The number of nitrogens with zero attached hydrogens (tertiary/aromatic N) is 5. The summed E-state index contributed by atoms with van der Waals surface area (Å²) in [6.07, 6.45) is 4.09. The number of aromatic nitrogens is 2. The maximum atomic E-state index is 12.6. The van der Waals surface area contributed by atoms with Crippen LogP contribution in [0.1, 0.15) is 24.6 Å². The molecule has 2 aromatic heterocycles. The lowest BCUT2D eigenvalue weighted by Crippen LogP contribution is -2.53. The van der Waals surface area contributed by atoms with E-state index < -0.39 is 10.0 Å². The number of ether oxygens (including phenoxy) is 1. The third kappa shape index (κ3) is 5.92. The van der Waals surface area contributed by atoms with Crippen molar-refractivity contribution in [3.8, 4) is 5.88 Å². The highest BCUT2D eigenvalue weighted by molar-refractivity contribution is 7.88. The second-order valence-electron chi connectivity index (χ2n) is 6.89. The van der Waals surface area contributed by atoms with Crippen molar-refractivity contribution in [3.05, 3.63) is 41.9 Å². The van der Waals surface area contributed by atoms with Crippen molar-refractivity contribution in [2.45, 2.75) is 25.6 Å². The van der Waals surface area contributed by atoms with Crippen LogP contribution in [0.4, 0.5) is 0 Å². The Hall–Kier alpha value is -2.66. The van der Waals surface area contributed by atoms with Gasteiger partial charge in [0.25, 0.3) is 0 Å². The molecule has 0 amide bonds. The quantitative estimate of drug-likeness (QED) is 0.483. The van der Waals surface area contributed by atoms with Gasteiger partial charge in [0.2, 0.25) is 15.9 Å². The van der Waals surface area contributed by atoms with Gasteiger partial charge in [-0.1, -0.05) is 18.1 Å². The summed E-state index contributed by atoms with van der Waals surface area (Å²) in [5.41, 5.74) is 1.42. The molecule has 3 heterocycles. The minimum atomic E-state index is -3.42. The summed E-state index contributed by atoms with van der Waals surface area (Å²) in [6.45, 7) is 5.17. The topological polar surface area (TPSA) is 113 Å². The van der Waals surface area contributed by atoms with E-state index in [0.29, 0.717) is 50.9 Å². The molecular weight excluding hydrogens is 408 g/mol. The zero-order chi connectivity index (χ0) is 21.4. The van der Waals surface area contributed by atoms with Crippen molar-refractivity contribution in [3.63, 3.8) is 0 Å². The molecule has 1 saturated heterocycles. The van der Waals surface area contributed by atoms with E-state index in [1.165, 1.54) is 10.6 Å². The Bertz CT molecular complexity index is 907. The minimum absolute atomic E-state index is 0.151. The maximum Gasteiger partial charge on any atom is 0.220 e. The molecule has 2 aromatic rings. The van der Waals surface area contributed by atoms with Gasteiger partial charge in [-0.3, -0.25) is 4.99 Å². The van der Waals surface area contributed by atoms with E-state index in [4.69, 9.17) is 9.26 Å². The molecule has 0 bridgehead atoms. The van der Waals surface area contributed by atoms with Crippen LogP contribution >= 0.6 is 0 Å². The molecule has 3 rings (SSSR count). The first kappa shape index (κ1) is 22.0. The molecule has 0 aromatic carbocycles. The lowest BCUT2D eigenvalue weighted by atomic mass is 10.3. The van der Waals surface area contributed by atoms with Gasteiger partial charge in [-0.05, 0) is 12.0 Å². The molecular formula is C19H28N6O4S. The number of guanidine groups is 1. The summed E-state index contributed by atoms with van der Waals surface area (Å²) in [7, 11) is -1.71. The summed E-state index contributed by atoms with van der Waals surface area (Å²) in [5, 5.41) is 7.01. The molecule has 11 heteroatoms. The van der Waals surface area contributed by atoms with E-state index in [1.807, 2.05) is 17.0 Å². The summed E-state index contributed by atoms with van der Waals surface area (Å²) in [6, 6.07) is 5.39. The molecule has 0 aliphatic carbocycles. The van der Waals surface area contributed by atoms with E-state index in [2.05, 4.69) is 27.4 Å². The molecule has 0 radical (unpaired) electrons. The number of hydrogen-bond donors (Lipinski definition) is 1. The Labute approximate surface area is 177 Å². The van der Waals surface area contributed by atoms with E-state index in [9.17, 15) is 8.42 Å². The lowest BCUT2D eigenvalue weighted by molar-refractivity contribution is 0.259. The molecule has 0 unspecified atom stereocenters. The lowest BCUT2D eigenvalue weighted by Gasteiger charge is -2.35. The van der Waals surface area contributed by atoms with E-state index in [1.54, 1.807) is 19.3 Å². The third-order valence-electron chi connectivity index (χ3n) is 4.67. The van der Waals surface area contributed by atoms with Crippen LogP contribution < -0.4 is 10.1 Å². The highest BCUT2D eigenvalue weighted by Gasteiger charge is 2.28. The van der Waals surface area contributed by atoms with Crippen molar-refractivity contribution < 1.29 is 17.7 Å². The molecule has 0 atom stereocenters. The van der Waals surface area contributed by atoms with Crippen LogP contribution in [0.5, 0.6) is 5.88 Å². The van der Waals surface area contributed by atoms with Gasteiger partial charge in [0, 0.05) is 58.1 Å². The monoisotopic (exact) mass is 436 g/mol. The third-order valence-corrected chi connectivity index (χ3v) is 6.48. The molecule has 1 N–H and O–H groups in total. The number of rotatable bonds is 8. The zero-order valence-electron chi connectivity index (χ0n) is 17.3. The van der Waals surface area contributed by atoms with Crippen molar-refractivity contribution in [2.75, 3.05) is 39.8 Å². The van der Waals surface area contributed by atoms with Gasteiger partial charge < -0.3 is 19.5 Å². The first-order chi connectivity index (χ1) is 14.5. The number of hydrogen-bond acceptors (Lipinski definition) is 7. The van der Waals surface area contributed by atoms with Gasteiger partial charge in [0.05, 0.1) is 12.3 Å². The van der Waals surface area contributed by atoms with Gasteiger partial charge in [0.15, 0.2) is 5.96 Å². The van der Waals surface area contributed by atoms with Gasteiger partial charge >= 0.3 is 0 Å². The Kier molecular flexibility index (Phi) is 7.63. The van der Waals surface area contributed by atoms with E-state index in [0.717, 1.165) is 17.9 Å². The molecule has 164 valence electrons. The number of aliphatic imine (C=N–C) groups is 1. The fourth-order valence-corrected chi connectivity index (χ4v) is 4.51. The standard InChI is InChI=1S/C19H28N6O4S/c1-3-11-28-18-5-4-16(13-21-18)14-22-19(20-2)24-7-9-25(10-8-24)30(26,27)15-17-6-12-29-23-17/h4-6,12-13H,3,7-11,14-15H2,1-2H3,(H,20,22). The number of pyridine rings is 1. The van der Waals surface area contributed by atoms with Crippen LogP contribution in [0.15, 0.2) is 40.2 Å². The van der Waals surface area contributed by atoms with Gasteiger partial charge in [-0.15, -0.1) is 0 Å². The zero-order valence-corrected chi connectivity index (χ0v) is 18.1. The predicted octanol–water partition coefficient (Wildman–Crippen LogP) is 1.08. The molecule has 1 aliphatic heterocycles. The molecule has 10 nitrogen and oxygen atoms in total. The smallest absolute Gasteiger partial charge is 0.220 e. The normalized spacial score (nSPS) is 15.9. The molecule has 30 heavy (non-hydrogen) atoms.